The summed E-state index contributed by atoms with van der Waals surface area (Å²) in [7, 11) is -3.93. The van der Waals surface area contributed by atoms with Crippen molar-refractivity contribution in [2.24, 2.45) is 4.40 Å². The predicted octanol–water partition coefficient (Wildman–Crippen LogP) is 3.09. The zero-order valence-electron chi connectivity index (χ0n) is 17.7. The highest BCUT2D eigenvalue weighted by molar-refractivity contribution is 7.90. The van der Waals surface area contributed by atoms with Crippen LogP contribution in [0, 0.1) is 10.1 Å². The summed E-state index contributed by atoms with van der Waals surface area (Å²) in [5.74, 6) is 1.02. The molecule has 0 aromatic heterocycles. The van der Waals surface area contributed by atoms with E-state index in [1.807, 2.05) is 12.1 Å². The van der Waals surface area contributed by atoms with Gasteiger partial charge in [0.25, 0.3) is 15.7 Å². The Kier molecular flexibility index (Phi) is 6.71. The second kappa shape index (κ2) is 9.66. The number of amidine groups is 1. The minimum Gasteiger partial charge on any atom is -0.494 e. The minimum atomic E-state index is -3.93. The lowest BCUT2D eigenvalue weighted by molar-refractivity contribution is -0.385. The molecule has 1 saturated heterocycles. The molecule has 2 aliphatic rings. The van der Waals surface area contributed by atoms with Crippen LogP contribution in [0.4, 0.5) is 5.69 Å². The number of fused-ring (bicyclic) bond motifs is 1. The molecule has 9 nitrogen and oxygen atoms in total. The molecule has 170 valence electrons. The van der Waals surface area contributed by atoms with E-state index in [-0.39, 0.29) is 16.4 Å². The highest BCUT2D eigenvalue weighted by atomic mass is 32.2. The molecule has 4 rings (SSSR count). The molecule has 0 aliphatic carbocycles. The maximum atomic E-state index is 12.2. The van der Waals surface area contributed by atoms with Crippen molar-refractivity contribution in [2.45, 2.75) is 37.1 Å². The molecule has 2 aromatic carbocycles. The van der Waals surface area contributed by atoms with Gasteiger partial charge in [-0.15, -0.1) is 4.40 Å². The number of nitro benzene ring substituents is 1. The van der Waals surface area contributed by atoms with Gasteiger partial charge in [0, 0.05) is 30.8 Å². The quantitative estimate of drug-likeness (QED) is 0.367. The van der Waals surface area contributed by atoms with Gasteiger partial charge in [-0.05, 0) is 56.1 Å². The van der Waals surface area contributed by atoms with Crippen LogP contribution in [0.25, 0.3) is 0 Å². The van der Waals surface area contributed by atoms with Crippen molar-refractivity contribution in [3.8, 4) is 5.75 Å². The number of piperidine rings is 1. The molecule has 0 bridgehead atoms. The second-order valence-corrected chi connectivity index (χ2v) is 9.54. The highest BCUT2D eigenvalue weighted by Gasteiger charge is 2.30. The van der Waals surface area contributed by atoms with E-state index in [2.05, 4.69) is 26.7 Å². The van der Waals surface area contributed by atoms with Crippen molar-refractivity contribution in [2.75, 3.05) is 26.2 Å². The molecule has 2 aliphatic heterocycles. The first-order chi connectivity index (χ1) is 15.4. The Labute approximate surface area is 187 Å². The number of nitrogens with zero attached hydrogens (tertiary/aromatic N) is 3. The van der Waals surface area contributed by atoms with E-state index < -0.39 is 14.9 Å². The third-order valence-corrected chi connectivity index (χ3v) is 6.87. The van der Waals surface area contributed by atoms with Gasteiger partial charge in [-0.1, -0.05) is 18.6 Å². The number of nitrogens with one attached hydrogen (secondary N) is 1. The molecule has 0 amide bonds. The van der Waals surface area contributed by atoms with Gasteiger partial charge in [-0.3, -0.25) is 15.0 Å². The SMILES string of the molecule is O=[N+]([O-])c1ccc2c(c1)S(=O)(=O)N=C2NCCCOc1cccc(CN2CCCCC2)c1. The van der Waals surface area contributed by atoms with Gasteiger partial charge < -0.3 is 10.1 Å². The summed E-state index contributed by atoms with van der Waals surface area (Å²) in [6, 6.07) is 11.8. The van der Waals surface area contributed by atoms with Crippen LogP contribution in [0.2, 0.25) is 0 Å². The molecule has 2 heterocycles. The molecule has 0 saturated carbocycles. The summed E-state index contributed by atoms with van der Waals surface area (Å²) >= 11 is 0. The number of sulfonamides is 1. The van der Waals surface area contributed by atoms with Crippen LogP contribution in [0.3, 0.4) is 0 Å². The van der Waals surface area contributed by atoms with Crippen LogP contribution in [-0.2, 0) is 16.6 Å². The summed E-state index contributed by atoms with van der Waals surface area (Å²) < 4.78 is 34.0. The Bertz CT molecular complexity index is 1130. The van der Waals surface area contributed by atoms with E-state index in [4.69, 9.17) is 4.74 Å². The second-order valence-electron chi connectivity index (χ2n) is 7.97. The standard InChI is InChI=1S/C22H26N4O5S/c27-26(28)18-8-9-20-21(15-18)32(29,30)24-22(20)23-10-5-13-31-19-7-4-6-17(14-19)16-25-11-2-1-3-12-25/h4,6-9,14-15H,1-3,5,10-13,16H2,(H,23,24). The van der Waals surface area contributed by atoms with Crippen LogP contribution in [0.5, 0.6) is 5.75 Å². The summed E-state index contributed by atoms with van der Waals surface area (Å²) in [5, 5.41) is 13.9. The van der Waals surface area contributed by atoms with Crippen molar-refractivity contribution in [1.29, 1.82) is 0 Å². The minimum absolute atomic E-state index is 0.143. The maximum absolute atomic E-state index is 12.2. The molecular formula is C22H26N4O5S. The highest BCUT2D eigenvalue weighted by Crippen LogP contribution is 2.29. The monoisotopic (exact) mass is 458 g/mol. The largest absolute Gasteiger partial charge is 0.494 e. The Morgan fingerprint density at radius 1 is 1.12 bits per heavy atom. The molecule has 2 aromatic rings. The van der Waals surface area contributed by atoms with Gasteiger partial charge in [0.1, 0.15) is 16.5 Å². The number of ether oxygens (including phenoxy) is 1. The van der Waals surface area contributed by atoms with E-state index in [1.54, 1.807) is 0 Å². The first kappa shape index (κ1) is 22.2. The molecular weight excluding hydrogens is 432 g/mol. The lowest BCUT2D eigenvalue weighted by Crippen LogP contribution is -2.29. The Hall–Kier alpha value is -2.98. The number of likely N-dealkylation sites (tertiary alicyclic amines) is 1. The number of nitro groups is 1. The van der Waals surface area contributed by atoms with Crippen molar-refractivity contribution >= 4 is 21.5 Å². The molecule has 32 heavy (non-hydrogen) atoms. The van der Waals surface area contributed by atoms with Crippen LogP contribution < -0.4 is 10.1 Å². The zero-order valence-corrected chi connectivity index (χ0v) is 18.5. The van der Waals surface area contributed by atoms with Crippen molar-refractivity contribution in [3.63, 3.8) is 0 Å². The van der Waals surface area contributed by atoms with Crippen LogP contribution >= 0.6 is 0 Å². The molecule has 0 radical (unpaired) electrons. The molecule has 0 unspecified atom stereocenters. The average molecular weight is 459 g/mol. The fraction of sp³-hybridized carbons (Fsp3) is 0.409. The van der Waals surface area contributed by atoms with Crippen molar-refractivity contribution in [3.05, 3.63) is 63.7 Å². The Morgan fingerprint density at radius 2 is 1.94 bits per heavy atom. The van der Waals surface area contributed by atoms with Crippen molar-refractivity contribution < 1.29 is 18.1 Å². The molecule has 1 N–H and O–H groups in total. The van der Waals surface area contributed by atoms with Crippen LogP contribution in [-0.4, -0.2) is 50.3 Å². The van der Waals surface area contributed by atoms with E-state index >= 15 is 0 Å². The number of rotatable bonds is 8. The van der Waals surface area contributed by atoms with E-state index in [1.165, 1.54) is 37.0 Å². The predicted molar refractivity (Wildman–Crippen MR) is 121 cm³/mol. The van der Waals surface area contributed by atoms with Gasteiger partial charge in [-0.2, -0.15) is 8.42 Å². The molecule has 10 heteroatoms. The zero-order chi connectivity index (χ0) is 22.6. The smallest absolute Gasteiger partial charge is 0.285 e. The summed E-state index contributed by atoms with van der Waals surface area (Å²) in [6.45, 7) is 4.15. The van der Waals surface area contributed by atoms with E-state index in [0.717, 1.165) is 31.5 Å². The topological polar surface area (TPSA) is 114 Å². The molecule has 0 atom stereocenters. The Balaban J connectivity index is 1.27. The number of hydrogen-bond donors (Lipinski definition) is 1. The van der Waals surface area contributed by atoms with Gasteiger partial charge in [-0.25, -0.2) is 0 Å². The molecule has 0 spiro atoms. The summed E-state index contributed by atoms with van der Waals surface area (Å²) in [4.78, 5) is 12.6. The van der Waals surface area contributed by atoms with Gasteiger partial charge in [0.05, 0.1) is 11.5 Å². The lowest BCUT2D eigenvalue weighted by atomic mass is 10.1. The van der Waals surface area contributed by atoms with Gasteiger partial charge >= 0.3 is 0 Å². The summed E-state index contributed by atoms with van der Waals surface area (Å²) in [5.41, 5.74) is 1.31. The van der Waals surface area contributed by atoms with E-state index in [9.17, 15) is 18.5 Å². The summed E-state index contributed by atoms with van der Waals surface area (Å²) in [6.07, 6.45) is 4.48. The van der Waals surface area contributed by atoms with E-state index in [0.29, 0.717) is 25.1 Å². The normalized spacial score (nSPS) is 17.4. The average Bonchev–Trinajstić information content (AvgIpc) is 3.04. The fourth-order valence-electron chi connectivity index (χ4n) is 3.96. The third-order valence-electron chi connectivity index (χ3n) is 5.56. The molecule has 1 fully saturated rings. The Morgan fingerprint density at radius 3 is 2.72 bits per heavy atom. The number of hydrogen-bond acceptors (Lipinski definition) is 7. The first-order valence-corrected chi connectivity index (χ1v) is 12.2. The van der Waals surface area contributed by atoms with Gasteiger partial charge in [0.2, 0.25) is 0 Å². The van der Waals surface area contributed by atoms with Gasteiger partial charge in [0.15, 0.2) is 0 Å². The fourth-order valence-corrected chi connectivity index (χ4v) is 5.17. The third kappa shape index (κ3) is 5.25. The maximum Gasteiger partial charge on any atom is 0.285 e. The first-order valence-electron chi connectivity index (χ1n) is 10.7. The lowest BCUT2D eigenvalue weighted by Gasteiger charge is -2.26. The van der Waals surface area contributed by atoms with Crippen LogP contribution in [0.15, 0.2) is 51.8 Å². The number of benzene rings is 2. The van der Waals surface area contributed by atoms with Crippen LogP contribution in [0.1, 0.15) is 36.8 Å². The van der Waals surface area contributed by atoms with Crippen molar-refractivity contribution in [1.82, 2.24) is 10.2 Å². The number of non-ortho nitro benzene ring substituents is 1.